The molecule has 0 spiro atoms. The number of anilines is 1. The van der Waals surface area contributed by atoms with Crippen LogP contribution in [-0.2, 0) is 9.59 Å². The van der Waals surface area contributed by atoms with E-state index in [4.69, 9.17) is 17.3 Å². The fraction of sp³-hybridized carbons (Fsp3) is 0.529. The second kappa shape index (κ2) is 5.70. The summed E-state index contributed by atoms with van der Waals surface area (Å²) in [4.78, 5) is 26.0. The summed E-state index contributed by atoms with van der Waals surface area (Å²) in [7, 11) is 0. The van der Waals surface area contributed by atoms with Crippen LogP contribution in [0.1, 0.15) is 20.3 Å². The maximum absolute atomic E-state index is 13.8. The Bertz CT molecular complexity index is 709. The number of carbonyl (C=O) groups excluding carboxylic acids is 2. The Labute approximate surface area is 145 Å². The third-order valence-electron chi connectivity index (χ3n) is 5.39. The van der Waals surface area contributed by atoms with E-state index in [2.05, 4.69) is 19.2 Å². The van der Waals surface area contributed by atoms with Crippen molar-refractivity contribution in [2.45, 2.75) is 20.3 Å². The first kappa shape index (κ1) is 17.2. The number of hydrogen-bond donors (Lipinski definition) is 2. The molecule has 24 heavy (non-hydrogen) atoms. The van der Waals surface area contributed by atoms with Crippen molar-refractivity contribution in [3.8, 4) is 0 Å². The highest BCUT2D eigenvalue weighted by atomic mass is 35.5. The van der Waals surface area contributed by atoms with E-state index in [-0.39, 0.29) is 40.4 Å². The number of fused-ring (bicyclic) bond motifs is 1. The van der Waals surface area contributed by atoms with Crippen LogP contribution in [0.3, 0.4) is 0 Å². The van der Waals surface area contributed by atoms with E-state index >= 15 is 0 Å². The van der Waals surface area contributed by atoms with Crippen molar-refractivity contribution in [3.63, 3.8) is 0 Å². The van der Waals surface area contributed by atoms with E-state index in [0.717, 1.165) is 12.5 Å². The van der Waals surface area contributed by atoms with E-state index in [0.29, 0.717) is 13.1 Å². The lowest BCUT2D eigenvalue weighted by Crippen LogP contribution is -2.59. The van der Waals surface area contributed by atoms with Gasteiger partial charge >= 0.3 is 0 Å². The van der Waals surface area contributed by atoms with Crippen LogP contribution in [0.2, 0.25) is 5.02 Å². The van der Waals surface area contributed by atoms with Crippen LogP contribution in [-0.4, -0.2) is 36.3 Å². The number of carbonyl (C=O) groups is 2. The van der Waals surface area contributed by atoms with E-state index in [1.165, 1.54) is 12.1 Å². The predicted molar refractivity (Wildman–Crippen MR) is 90.0 cm³/mol. The number of hydrogen-bond acceptors (Lipinski definition) is 3. The number of nitrogens with zero attached hydrogens (tertiary/aromatic N) is 1. The van der Waals surface area contributed by atoms with Crippen LogP contribution < -0.4 is 11.1 Å². The normalized spacial score (nSPS) is 28.1. The topological polar surface area (TPSA) is 75.4 Å². The molecule has 1 saturated heterocycles. The molecule has 1 aliphatic heterocycles. The largest absolute Gasteiger partial charge is 0.369 e. The van der Waals surface area contributed by atoms with Crippen molar-refractivity contribution in [2.24, 2.45) is 22.5 Å². The number of halogens is 2. The molecule has 1 aromatic carbocycles. The molecule has 1 aromatic rings. The molecular weight excluding hydrogens is 333 g/mol. The number of nitrogens with one attached hydrogen (secondary N) is 1. The highest BCUT2D eigenvalue weighted by molar-refractivity contribution is 6.30. The highest BCUT2D eigenvalue weighted by Crippen LogP contribution is 2.62. The summed E-state index contributed by atoms with van der Waals surface area (Å²) in [5, 5.41) is 2.82. The number of primary amides is 1. The Morgan fingerprint density at radius 3 is 2.71 bits per heavy atom. The summed E-state index contributed by atoms with van der Waals surface area (Å²) in [6.07, 6.45) is 0.740. The van der Waals surface area contributed by atoms with Gasteiger partial charge in [0.1, 0.15) is 5.82 Å². The Kier molecular flexibility index (Phi) is 4.08. The molecule has 1 aliphatic carbocycles. The van der Waals surface area contributed by atoms with Crippen LogP contribution >= 0.6 is 11.6 Å². The standard InChI is InChI=1S/C17H21ClFN3O2/c1-16(2)8-17(15(20)24)9-22(6-13(16)17)7-14(23)21-12-4-3-10(18)5-11(12)19/h3-5,13H,6-9H2,1-2H3,(H2,20,24)(H,21,23)/t13-,17+/m1/s1. The van der Waals surface area contributed by atoms with E-state index in [1.54, 1.807) is 0 Å². The summed E-state index contributed by atoms with van der Waals surface area (Å²) in [6, 6.07) is 4.09. The molecule has 3 N–H and O–H groups in total. The minimum Gasteiger partial charge on any atom is -0.369 e. The van der Waals surface area contributed by atoms with Crippen LogP contribution in [0.4, 0.5) is 10.1 Å². The Morgan fingerprint density at radius 1 is 1.46 bits per heavy atom. The molecule has 0 unspecified atom stereocenters. The fourth-order valence-electron chi connectivity index (χ4n) is 4.43. The molecule has 2 fully saturated rings. The molecule has 5 nitrogen and oxygen atoms in total. The lowest BCUT2D eigenvalue weighted by atomic mass is 9.48. The van der Waals surface area contributed by atoms with Gasteiger partial charge in [-0.15, -0.1) is 0 Å². The monoisotopic (exact) mass is 353 g/mol. The van der Waals surface area contributed by atoms with Gasteiger partial charge in [0.15, 0.2) is 0 Å². The van der Waals surface area contributed by atoms with Crippen LogP contribution in [0.5, 0.6) is 0 Å². The minimum absolute atomic E-state index is 0.0442. The van der Waals surface area contributed by atoms with Gasteiger partial charge in [0, 0.05) is 18.1 Å². The maximum Gasteiger partial charge on any atom is 0.238 e. The Hall–Kier alpha value is -1.66. The summed E-state index contributed by atoms with van der Waals surface area (Å²) in [5.74, 6) is -1.04. The number of rotatable bonds is 4. The second-order valence-electron chi connectivity index (χ2n) is 7.58. The highest BCUT2D eigenvalue weighted by Gasteiger charge is 2.65. The van der Waals surface area contributed by atoms with Crippen molar-refractivity contribution in [3.05, 3.63) is 29.0 Å². The average molecular weight is 354 g/mol. The van der Waals surface area contributed by atoms with Gasteiger partial charge in [0.05, 0.1) is 17.6 Å². The second-order valence-corrected chi connectivity index (χ2v) is 8.02. The van der Waals surface area contributed by atoms with Gasteiger partial charge in [-0.05, 0) is 36.0 Å². The van der Waals surface area contributed by atoms with Gasteiger partial charge in [0.2, 0.25) is 11.8 Å². The average Bonchev–Trinajstić information content (AvgIpc) is 2.77. The van der Waals surface area contributed by atoms with Gasteiger partial charge in [-0.3, -0.25) is 14.5 Å². The summed E-state index contributed by atoms with van der Waals surface area (Å²) < 4.78 is 13.8. The molecule has 2 amide bonds. The van der Waals surface area contributed by atoms with E-state index < -0.39 is 11.2 Å². The first-order chi connectivity index (χ1) is 11.1. The summed E-state index contributed by atoms with van der Waals surface area (Å²) >= 11 is 5.70. The summed E-state index contributed by atoms with van der Waals surface area (Å²) in [6.45, 7) is 5.46. The van der Waals surface area contributed by atoms with E-state index in [1.807, 2.05) is 4.90 Å². The molecule has 0 bridgehead atoms. The molecule has 130 valence electrons. The number of amides is 2. The number of nitrogens with two attached hydrogens (primary N) is 1. The quantitative estimate of drug-likeness (QED) is 0.871. The number of likely N-dealkylation sites (tertiary alicyclic amines) is 1. The van der Waals surface area contributed by atoms with Crippen molar-refractivity contribution >= 4 is 29.1 Å². The molecule has 1 heterocycles. The molecule has 3 rings (SSSR count). The molecule has 2 aliphatic rings. The smallest absolute Gasteiger partial charge is 0.238 e. The van der Waals surface area contributed by atoms with Crippen molar-refractivity contribution in [1.82, 2.24) is 4.90 Å². The third kappa shape index (κ3) is 2.78. The van der Waals surface area contributed by atoms with Gasteiger partial charge in [-0.1, -0.05) is 25.4 Å². The lowest BCUT2D eigenvalue weighted by molar-refractivity contribution is -0.148. The SMILES string of the molecule is CC1(C)C[C@]2(C(N)=O)CN(CC(=O)Nc3ccc(Cl)cc3F)C[C@H]12. The first-order valence-electron chi connectivity index (χ1n) is 7.91. The van der Waals surface area contributed by atoms with Crippen molar-refractivity contribution < 1.29 is 14.0 Å². The zero-order valence-electron chi connectivity index (χ0n) is 13.7. The molecule has 0 aromatic heterocycles. The van der Waals surface area contributed by atoms with Gasteiger partial charge in [-0.25, -0.2) is 4.39 Å². The molecule has 2 atom stereocenters. The van der Waals surface area contributed by atoms with Crippen molar-refractivity contribution in [2.75, 3.05) is 25.0 Å². The molecule has 0 radical (unpaired) electrons. The van der Waals surface area contributed by atoms with Crippen molar-refractivity contribution in [1.29, 1.82) is 0 Å². The molecule has 7 heteroatoms. The number of benzene rings is 1. The molecular formula is C17H21ClFN3O2. The first-order valence-corrected chi connectivity index (χ1v) is 8.29. The van der Waals surface area contributed by atoms with Crippen LogP contribution in [0.25, 0.3) is 0 Å². The van der Waals surface area contributed by atoms with Crippen LogP contribution in [0, 0.1) is 22.6 Å². The fourth-order valence-corrected chi connectivity index (χ4v) is 4.59. The van der Waals surface area contributed by atoms with Gasteiger partial charge < -0.3 is 11.1 Å². The Balaban J connectivity index is 1.65. The van der Waals surface area contributed by atoms with Gasteiger partial charge in [0.25, 0.3) is 0 Å². The lowest BCUT2D eigenvalue weighted by Gasteiger charge is -2.54. The Morgan fingerprint density at radius 2 is 2.17 bits per heavy atom. The zero-order chi connectivity index (χ0) is 17.7. The van der Waals surface area contributed by atoms with Gasteiger partial charge in [-0.2, -0.15) is 0 Å². The van der Waals surface area contributed by atoms with Crippen LogP contribution in [0.15, 0.2) is 18.2 Å². The summed E-state index contributed by atoms with van der Waals surface area (Å²) in [5.41, 5.74) is 5.22. The molecule has 1 saturated carbocycles. The minimum atomic E-state index is -0.577. The predicted octanol–water partition coefficient (Wildman–Crippen LogP) is 2.25. The van der Waals surface area contributed by atoms with E-state index in [9.17, 15) is 14.0 Å². The maximum atomic E-state index is 13.8. The third-order valence-corrected chi connectivity index (χ3v) is 5.63. The zero-order valence-corrected chi connectivity index (χ0v) is 14.5.